The first-order chi connectivity index (χ1) is 7.16. The van der Waals surface area contributed by atoms with Crippen molar-refractivity contribution in [2.45, 2.75) is 0 Å². The highest BCUT2D eigenvalue weighted by molar-refractivity contribution is 5.87. The molecule has 15 heavy (non-hydrogen) atoms. The highest BCUT2D eigenvalue weighted by atomic mass is 16.4. The van der Waals surface area contributed by atoms with Crippen LogP contribution >= 0.6 is 0 Å². The van der Waals surface area contributed by atoms with E-state index < -0.39 is 5.97 Å². The number of hydrogen-bond donors (Lipinski definition) is 2. The van der Waals surface area contributed by atoms with Gasteiger partial charge in [-0.1, -0.05) is 0 Å². The Kier molecular flexibility index (Phi) is 2.09. The number of nitrogens with two attached hydrogens (primary N) is 1. The normalized spacial score (nSPS) is 10.1. The molecule has 0 atom stereocenters. The van der Waals surface area contributed by atoms with Crippen LogP contribution < -0.4 is 5.73 Å². The van der Waals surface area contributed by atoms with Crippen molar-refractivity contribution in [2.24, 2.45) is 0 Å². The average molecular weight is 204 g/mol. The van der Waals surface area contributed by atoms with Crippen LogP contribution in [0.3, 0.4) is 0 Å². The highest BCUT2D eigenvalue weighted by Crippen LogP contribution is 2.07. The Morgan fingerprint density at radius 1 is 1.40 bits per heavy atom. The number of aromatic nitrogens is 3. The molecule has 6 heteroatoms. The molecule has 0 bridgehead atoms. The number of nitrogen functional groups attached to an aromatic ring is 1. The van der Waals surface area contributed by atoms with Crippen molar-refractivity contribution in [3.05, 3.63) is 36.3 Å². The van der Waals surface area contributed by atoms with Crippen LogP contribution in [0.1, 0.15) is 10.4 Å². The molecular formula is C9H8N4O2. The Labute approximate surface area is 85.0 Å². The average Bonchev–Trinajstić information content (AvgIpc) is 2.65. The van der Waals surface area contributed by atoms with Crippen LogP contribution in [0, 0.1) is 0 Å². The summed E-state index contributed by atoms with van der Waals surface area (Å²) in [4.78, 5) is 14.5. The van der Waals surface area contributed by atoms with Crippen LogP contribution in [0.4, 0.5) is 5.69 Å². The van der Waals surface area contributed by atoms with E-state index in [1.165, 1.54) is 23.1 Å². The molecule has 2 aromatic heterocycles. The lowest BCUT2D eigenvalue weighted by atomic mass is 10.3. The van der Waals surface area contributed by atoms with E-state index in [-0.39, 0.29) is 5.56 Å². The Bertz CT molecular complexity index is 489. The molecule has 0 aliphatic rings. The van der Waals surface area contributed by atoms with E-state index in [4.69, 9.17) is 10.8 Å². The summed E-state index contributed by atoms with van der Waals surface area (Å²) in [5.41, 5.74) is 6.15. The molecule has 6 nitrogen and oxygen atoms in total. The maximum Gasteiger partial charge on any atom is 0.337 e. The molecule has 2 rings (SSSR count). The van der Waals surface area contributed by atoms with Crippen LogP contribution in [0.2, 0.25) is 0 Å². The second kappa shape index (κ2) is 3.41. The first-order valence-electron chi connectivity index (χ1n) is 4.16. The fraction of sp³-hybridized carbons (Fsp3) is 0. The summed E-state index contributed by atoms with van der Waals surface area (Å²) in [6.45, 7) is 0. The van der Waals surface area contributed by atoms with E-state index in [1.807, 2.05) is 0 Å². The van der Waals surface area contributed by atoms with Crippen LogP contribution in [0.5, 0.6) is 0 Å². The predicted octanol–water partition coefficient (Wildman–Crippen LogP) is 0.548. The summed E-state index contributed by atoms with van der Waals surface area (Å²) in [5, 5.41) is 12.6. The second-order valence-electron chi connectivity index (χ2n) is 2.93. The zero-order chi connectivity index (χ0) is 10.8. The fourth-order valence-electron chi connectivity index (χ4n) is 1.11. The Morgan fingerprint density at radius 3 is 2.67 bits per heavy atom. The number of anilines is 1. The third-order valence-electron chi connectivity index (χ3n) is 1.83. The third kappa shape index (κ3) is 1.78. The lowest BCUT2D eigenvalue weighted by molar-refractivity contribution is 0.0696. The largest absolute Gasteiger partial charge is 0.478 e. The zero-order valence-electron chi connectivity index (χ0n) is 7.66. The van der Waals surface area contributed by atoms with Gasteiger partial charge in [0.15, 0.2) is 5.82 Å². The molecule has 0 aliphatic heterocycles. The standard InChI is InChI=1S/C9H8N4O2/c10-7-4-12-13(5-7)8-2-1-6(3-11-8)9(14)15/h1-5H,10H2,(H,14,15). The molecule has 0 amide bonds. The van der Waals surface area contributed by atoms with Gasteiger partial charge < -0.3 is 10.8 Å². The van der Waals surface area contributed by atoms with Gasteiger partial charge in [0.1, 0.15) is 0 Å². The fourth-order valence-corrected chi connectivity index (χ4v) is 1.11. The van der Waals surface area contributed by atoms with Crippen LogP contribution in [0.25, 0.3) is 5.82 Å². The Morgan fingerprint density at radius 2 is 2.20 bits per heavy atom. The predicted molar refractivity (Wildman–Crippen MR) is 52.7 cm³/mol. The van der Waals surface area contributed by atoms with Gasteiger partial charge in [-0.05, 0) is 12.1 Å². The number of carboxylic acid groups (broad SMARTS) is 1. The van der Waals surface area contributed by atoms with Gasteiger partial charge in [0.25, 0.3) is 0 Å². The zero-order valence-corrected chi connectivity index (χ0v) is 7.66. The SMILES string of the molecule is Nc1cnn(-c2ccc(C(=O)O)cn2)c1. The van der Waals surface area contributed by atoms with E-state index in [9.17, 15) is 4.79 Å². The topological polar surface area (TPSA) is 94.0 Å². The van der Waals surface area contributed by atoms with Gasteiger partial charge in [0.05, 0.1) is 23.6 Å². The van der Waals surface area contributed by atoms with Crippen molar-refractivity contribution < 1.29 is 9.90 Å². The molecule has 2 heterocycles. The number of pyridine rings is 1. The second-order valence-corrected chi connectivity index (χ2v) is 2.93. The molecule has 0 aliphatic carbocycles. The molecular weight excluding hydrogens is 196 g/mol. The first-order valence-corrected chi connectivity index (χ1v) is 4.16. The van der Waals surface area contributed by atoms with Gasteiger partial charge in [-0.15, -0.1) is 0 Å². The summed E-state index contributed by atoms with van der Waals surface area (Å²) < 4.78 is 1.47. The summed E-state index contributed by atoms with van der Waals surface area (Å²) in [6, 6.07) is 3.03. The van der Waals surface area contributed by atoms with Crippen molar-refractivity contribution in [1.29, 1.82) is 0 Å². The van der Waals surface area contributed by atoms with Gasteiger partial charge in [-0.25, -0.2) is 14.5 Å². The number of carbonyl (C=O) groups is 1. The van der Waals surface area contributed by atoms with Gasteiger partial charge in [-0.3, -0.25) is 0 Å². The Balaban J connectivity index is 2.35. The summed E-state index contributed by atoms with van der Waals surface area (Å²) in [7, 11) is 0. The summed E-state index contributed by atoms with van der Waals surface area (Å²) in [6.07, 6.45) is 4.37. The van der Waals surface area contributed by atoms with Crippen molar-refractivity contribution >= 4 is 11.7 Å². The molecule has 0 unspecified atom stereocenters. The molecule has 0 fully saturated rings. The summed E-state index contributed by atoms with van der Waals surface area (Å²) >= 11 is 0. The van der Waals surface area contributed by atoms with E-state index in [2.05, 4.69) is 10.1 Å². The number of aromatic carboxylic acids is 1. The van der Waals surface area contributed by atoms with Crippen LogP contribution in [0.15, 0.2) is 30.7 Å². The maximum atomic E-state index is 10.6. The van der Waals surface area contributed by atoms with Gasteiger partial charge in [0, 0.05) is 6.20 Å². The minimum Gasteiger partial charge on any atom is -0.478 e. The third-order valence-corrected chi connectivity index (χ3v) is 1.83. The van der Waals surface area contributed by atoms with Gasteiger partial charge >= 0.3 is 5.97 Å². The van der Waals surface area contributed by atoms with Crippen molar-refractivity contribution in [1.82, 2.24) is 14.8 Å². The molecule has 0 aromatic carbocycles. The lowest BCUT2D eigenvalue weighted by Gasteiger charge is -1.99. The van der Waals surface area contributed by atoms with E-state index in [0.717, 1.165) is 0 Å². The molecule has 2 aromatic rings. The molecule has 3 N–H and O–H groups in total. The lowest BCUT2D eigenvalue weighted by Crippen LogP contribution is -2.01. The minimum absolute atomic E-state index is 0.138. The van der Waals surface area contributed by atoms with E-state index in [0.29, 0.717) is 11.5 Å². The minimum atomic E-state index is -1.01. The Hall–Kier alpha value is -2.37. The molecule has 0 radical (unpaired) electrons. The maximum absolute atomic E-state index is 10.6. The van der Waals surface area contributed by atoms with Crippen molar-refractivity contribution in [3.63, 3.8) is 0 Å². The van der Waals surface area contributed by atoms with Crippen molar-refractivity contribution in [2.75, 3.05) is 5.73 Å². The van der Waals surface area contributed by atoms with Crippen LogP contribution in [-0.4, -0.2) is 25.8 Å². The van der Waals surface area contributed by atoms with Gasteiger partial charge in [-0.2, -0.15) is 5.10 Å². The molecule has 0 spiro atoms. The number of hydrogen-bond acceptors (Lipinski definition) is 4. The summed E-state index contributed by atoms with van der Waals surface area (Å²) in [5.74, 6) is -0.481. The number of carboxylic acids is 1. The molecule has 0 saturated heterocycles. The van der Waals surface area contributed by atoms with E-state index >= 15 is 0 Å². The van der Waals surface area contributed by atoms with Gasteiger partial charge in [0.2, 0.25) is 0 Å². The first kappa shape index (κ1) is 9.20. The van der Waals surface area contributed by atoms with Crippen molar-refractivity contribution in [3.8, 4) is 5.82 Å². The molecule has 76 valence electrons. The number of nitrogens with zero attached hydrogens (tertiary/aromatic N) is 3. The smallest absolute Gasteiger partial charge is 0.337 e. The van der Waals surface area contributed by atoms with E-state index in [1.54, 1.807) is 12.3 Å². The molecule has 0 saturated carbocycles. The van der Waals surface area contributed by atoms with Crippen LogP contribution in [-0.2, 0) is 0 Å². The highest BCUT2D eigenvalue weighted by Gasteiger charge is 2.04. The quantitative estimate of drug-likeness (QED) is 0.744. The number of rotatable bonds is 2. The monoisotopic (exact) mass is 204 g/mol.